The number of amides is 1. The van der Waals surface area contributed by atoms with Gasteiger partial charge in [-0.3, -0.25) is 4.79 Å². The standard InChI is InChI=1S/C17H16F3NO3/c1-2-23-14-6-8-15(9-7-14)24-11-16(22)21-13-5-3-4-12(10-13)17(18,19)20/h3-10H,2,11H2,1H3,(H,21,22). The van der Waals surface area contributed by atoms with E-state index in [-0.39, 0.29) is 12.3 Å². The first-order valence-corrected chi connectivity index (χ1v) is 7.21. The number of hydrogen-bond acceptors (Lipinski definition) is 3. The van der Waals surface area contributed by atoms with Crippen molar-refractivity contribution in [2.75, 3.05) is 18.5 Å². The number of benzene rings is 2. The number of alkyl halides is 3. The summed E-state index contributed by atoms with van der Waals surface area (Å²) in [5.41, 5.74) is -0.766. The highest BCUT2D eigenvalue weighted by Crippen LogP contribution is 2.30. The highest BCUT2D eigenvalue weighted by Gasteiger charge is 2.30. The summed E-state index contributed by atoms with van der Waals surface area (Å²) >= 11 is 0. The summed E-state index contributed by atoms with van der Waals surface area (Å²) in [6.45, 7) is 2.09. The van der Waals surface area contributed by atoms with Crippen molar-refractivity contribution in [3.8, 4) is 11.5 Å². The highest BCUT2D eigenvalue weighted by molar-refractivity contribution is 5.91. The van der Waals surface area contributed by atoms with E-state index in [1.165, 1.54) is 12.1 Å². The second kappa shape index (κ2) is 7.72. The Morgan fingerprint density at radius 2 is 1.67 bits per heavy atom. The maximum absolute atomic E-state index is 12.6. The van der Waals surface area contributed by atoms with Crippen molar-refractivity contribution in [1.29, 1.82) is 0 Å². The van der Waals surface area contributed by atoms with Gasteiger partial charge in [-0.2, -0.15) is 13.2 Å². The second-order valence-electron chi connectivity index (χ2n) is 4.82. The van der Waals surface area contributed by atoms with Gasteiger partial charge in [-0.05, 0) is 49.4 Å². The van der Waals surface area contributed by atoms with Gasteiger partial charge in [0.15, 0.2) is 6.61 Å². The molecule has 7 heteroatoms. The molecule has 24 heavy (non-hydrogen) atoms. The van der Waals surface area contributed by atoms with Crippen molar-refractivity contribution in [3.05, 3.63) is 54.1 Å². The summed E-state index contributed by atoms with van der Waals surface area (Å²) in [6, 6.07) is 11.1. The lowest BCUT2D eigenvalue weighted by Crippen LogP contribution is -2.20. The van der Waals surface area contributed by atoms with Crippen molar-refractivity contribution in [2.24, 2.45) is 0 Å². The molecule has 0 unspecified atom stereocenters. The molecule has 0 aromatic heterocycles. The largest absolute Gasteiger partial charge is 0.494 e. The van der Waals surface area contributed by atoms with Crippen LogP contribution in [0.3, 0.4) is 0 Å². The molecule has 0 spiro atoms. The fourth-order valence-electron chi connectivity index (χ4n) is 1.92. The molecule has 4 nitrogen and oxygen atoms in total. The van der Waals surface area contributed by atoms with Crippen molar-refractivity contribution in [1.82, 2.24) is 0 Å². The summed E-state index contributed by atoms with van der Waals surface area (Å²) < 4.78 is 48.4. The van der Waals surface area contributed by atoms with Crippen LogP contribution in [0.4, 0.5) is 18.9 Å². The number of hydrogen-bond donors (Lipinski definition) is 1. The predicted octanol–water partition coefficient (Wildman–Crippen LogP) is 4.12. The van der Waals surface area contributed by atoms with Crippen LogP contribution in [0.15, 0.2) is 48.5 Å². The lowest BCUT2D eigenvalue weighted by molar-refractivity contribution is -0.137. The van der Waals surface area contributed by atoms with Crippen LogP contribution in [0.25, 0.3) is 0 Å². The van der Waals surface area contributed by atoms with E-state index in [1.54, 1.807) is 24.3 Å². The number of halogens is 3. The average molecular weight is 339 g/mol. The first-order valence-electron chi connectivity index (χ1n) is 7.21. The van der Waals surface area contributed by atoms with E-state index in [1.807, 2.05) is 6.92 Å². The maximum Gasteiger partial charge on any atom is 0.416 e. The van der Waals surface area contributed by atoms with Crippen LogP contribution in [0.1, 0.15) is 12.5 Å². The van der Waals surface area contributed by atoms with Crippen LogP contribution in [0.2, 0.25) is 0 Å². The predicted molar refractivity (Wildman–Crippen MR) is 83.2 cm³/mol. The molecule has 0 atom stereocenters. The maximum atomic E-state index is 12.6. The fourth-order valence-corrected chi connectivity index (χ4v) is 1.92. The number of nitrogens with one attached hydrogen (secondary N) is 1. The van der Waals surface area contributed by atoms with Crippen LogP contribution < -0.4 is 14.8 Å². The first-order chi connectivity index (χ1) is 11.4. The van der Waals surface area contributed by atoms with E-state index in [0.29, 0.717) is 18.1 Å². The van der Waals surface area contributed by atoms with Gasteiger partial charge in [0.1, 0.15) is 11.5 Å². The third kappa shape index (κ3) is 5.19. The normalized spacial score (nSPS) is 11.0. The molecule has 0 radical (unpaired) electrons. The Labute approximate surface area is 137 Å². The highest BCUT2D eigenvalue weighted by atomic mass is 19.4. The van der Waals surface area contributed by atoms with Gasteiger partial charge in [0.2, 0.25) is 0 Å². The Bertz CT molecular complexity index is 684. The van der Waals surface area contributed by atoms with Gasteiger partial charge in [-0.15, -0.1) is 0 Å². The van der Waals surface area contributed by atoms with Gasteiger partial charge < -0.3 is 14.8 Å². The summed E-state index contributed by atoms with van der Waals surface area (Å²) in [4.78, 5) is 11.8. The van der Waals surface area contributed by atoms with Gasteiger partial charge in [0.25, 0.3) is 5.91 Å². The van der Waals surface area contributed by atoms with Crippen molar-refractivity contribution in [3.63, 3.8) is 0 Å². The number of carbonyl (C=O) groups is 1. The topological polar surface area (TPSA) is 47.6 Å². The fraction of sp³-hybridized carbons (Fsp3) is 0.235. The molecular weight excluding hydrogens is 323 g/mol. The average Bonchev–Trinajstić information content (AvgIpc) is 2.54. The summed E-state index contributed by atoms with van der Waals surface area (Å²) in [7, 11) is 0. The molecule has 128 valence electrons. The summed E-state index contributed by atoms with van der Waals surface area (Å²) in [5, 5.41) is 2.37. The van der Waals surface area contributed by atoms with E-state index in [4.69, 9.17) is 9.47 Å². The smallest absolute Gasteiger partial charge is 0.416 e. The van der Waals surface area contributed by atoms with Crippen LogP contribution in [-0.2, 0) is 11.0 Å². The van der Waals surface area contributed by atoms with E-state index in [0.717, 1.165) is 12.1 Å². The molecule has 0 fully saturated rings. The zero-order chi connectivity index (χ0) is 17.6. The monoisotopic (exact) mass is 339 g/mol. The van der Waals surface area contributed by atoms with Gasteiger partial charge in [0.05, 0.1) is 12.2 Å². The third-order valence-corrected chi connectivity index (χ3v) is 2.98. The van der Waals surface area contributed by atoms with Crippen LogP contribution >= 0.6 is 0 Å². The van der Waals surface area contributed by atoms with E-state index in [9.17, 15) is 18.0 Å². The molecular formula is C17H16F3NO3. The molecule has 1 amide bonds. The second-order valence-corrected chi connectivity index (χ2v) is 4.82. The van der Waals surface area contributed by atoms with E-state index >= 15 is 0 Å². The number of ether oxygens (including phenoxy) is 2. The first kappa shape index (κ1) is 17.7. The van der Waals surface area contributed by atoms with Crippen molar-refractivity contribution >= 4 is 11.6 Å². The van der Waals surface area contributed by atoms with Crippen molar-refractivity contribution in [2.45, 2.75) is 13.1 Å². The number of anilines is 1. The van der Waals surface area contributed by atoms with Crippen LogP contribution in [0.5, 0.6) is 11.5 Å². The minimum atomic E-state index is -4.46. The minimum Gasteiger partial charge on any atom is -0.494 e. The molecule has 0 bridgehead atoms. The zero-order valence-electron chi connectivity index (χ0n) is 12.9. The summed E-state index contributed by atoms with van der Waals surface area (Å²) in [6.07, 6.45) is -4.46. The molecule has 0 saturated carbocycles. The van der Waals surface area contributed by atoms with Crippen LogP contribution in [-0.4, -0.2) is 19.1 Å². The van der Waals surface area contributed by atoms with Gasteiger partial charge in [-0.1, -0.05) is 6.07 Å². The SMILES string of the molecule is CCOc1ccc(OCC(=O)Nc2cccc(C(F)(F)F)c2)cc1. The van der Waals surface area contributed by atoms with Crippen molar-refractivity contribution < 1.29 is 27.4 Å². The van der Waals surface area contributed by atoms with Gasteiger partial charge >= 0.3 is 6.18 Å². The molecule has 2 aromatic rings. The molecule has 1 N–H and O–H groups in total. The quantitative estimate of drug-likeness (QED) is 0.861. The van der Waals surface area contributed by atoms with Gasteiger partial charge in [0, 0.05) is 5.69 Å². The number of carbonyl (C=O) groups excluding carboxylic acids is 1. The van der Waals surface area contributed by atoms with E-state index < -0.39 is 17.6 Å². The van der Waals surface area contributed by atoms with Gasteiger partial charge in [-0.25, -0.2) is 0 Å². The third-order valence-electron chi connectivity index (χ3n) is 2.98. The summed E-state index contributed by atoms with van der Waals surface area (Å²) in [5.74, 6) is 0.583. The molecule has 0 heterocycles. The Kier molecular flexibility index (Phi) is 5.68. The molecule has 2 rings (SSSR count). The molecule has 2 aromatic carbocycles. The van der Waals surface area contributed by atoms with E-state index in [2.05, 4.69) is 5.32 Å². The minimum absolute atomic E-state index is 0.0603. The Morgan fingerprint density at radius 1 is 1.04 bits per heavy atom. The zero-order valence-corrected chi connectivity index (χ0v) is 12.9. The lowest BCUT2D eigenvalue weighted by atomic mass is 10.2. The molecule has 0 aliphatic rings. The molecule has 0 aliphatic heterocycles. The number of rotatable bonds is 6. The Hall–Kier alpha value is -2.70. The Morgan fingerprint density at radius 3 is 2.25 bits per heavy atom. The Balaban J connectivity index is 1.89. The van der Waals surface area contributed by atoms with Crippen LogP contribution in [0, 0.1) is 0 Å². The molecule has 0 saturated heterocycles. The molecule has 0 aliphatic carbocycles. The lowest BCUT2D eigenvalue weighted by Gasteiger charge is -2.11.